The zero-order valence-electron chi connectivity index (χ0n) is 33.4. The lowest BCUT2D eigenvalue weighted by atomic mass is 10.0. The van der Waals surface area contributed by atoms with Crippen molar-refractivity contribution in [1.29, 1.82) is 0 Å². The molecule has 0 aromatic carbocycles. The van der Waals surface area contributed by atoms with Crippen LogP contribution in [0.3, 0.4) is 0 Å². The van der Waals surface area contributed by atoms with Crippen molar-refractivity contribution in [1.82, 2.24) is 5.32 Å². The van der Waals surface area contributed by atoms with Crippen LogP contribution in [0.1, 0.15) is 232 Å². The van der Waals surface area contributed by atoms with Crippen molar-refractivity contribution in [3.63, 3.8) is 0 Å². The molecule has 0 rings (SSSR count). The number of aliphatic hydroxyl groups excluding tert-OH is 2. The SMILES string of the molecule is CCCC/C=C\CCCCCCCC(=O)OCCCCCCCCCCCCC(=O)NC(CO)C(O)CCCCCCCCCCCCCC. The van der Waals surface area contributed by atoms with Gasteiger partial charge in [-0.25, -0.2) is 0 Å². The van der Waals surface area contributed by atoms with Gasteiger partial charge in [0.15, 0.2) is 0 Å². The fraction of sp³-hybridized carbons (Fsp3) is 0.909. The van der Waals surface area contributed by atoms with E-state index in [-0.39, 0.29) is 18.5 Å². The predicted molar refractivity (Wildman–Crippen MR) is 213 cm³/mol. The first-order valence-electron chi connectivity index (χ1n) is 21.9. The number of ether oxygens (including phenoxy) is 1. The summed E-state index contributed by atoms with van der Waals surface area (Å²) in [6, 6.07) is -0.556. The van der Waals surface area contributed by atoms with Gasteiger partial charge in [0, 0.05) is 12.8 Å². The summed E-state index contributed by atoms with van der Waals surface area (Å²) in [6.07, 6.45) is 43.0. The van der Waals surface area contributed by atoms with E-state index in [1.54, 1.807) is 0 Å². The van der Waals surface area contributed by atoms with Gasteiger partial charge in [0.25, 0.3) is 0 Å². The van der Waals surface area contributed by atoms with Crippen molar-refractivity contribution in [3.8, 4) is 0 Å². The molecule has 3 N–H and O–H groups in total. The minimum Gasteiger partial charge on any atom is -0.466 e. The molecular formula is C44H85NO5. The number of carbonyl (C=O) groups excluding carboxylic acids is 2. The van der Waals surface area contributed by atoms with Gasteiger partial charge in [0.05, 0.1) is 25.4 Å². The fourth-order valence-corrected chi connectivity index (χ4v) is 6.62. The summed E-state index contributed by atoms with van der Waals surface area (Å²) in [5.41, 5.74) is 0. The van der Waals surface area contributed by atoms with Gasteiger partial charge in [-0.1, -0.05) is 187 Å². The van der Waals surface area contributed by atoms with Crippen LogP contribution < -0.4 is 5.32 Å². The van der Waals surface area contributed by atoms with E-state index in [0.29, 0.717) is 25.9 Å². The van der Waals surface area contributed by atoms with E-state index in [9.17, 15) is 19.8 Å². The number of unbranched alkanes of at least 4 members (excludes halogenated alkanes) is 27. The Hall–Kier alpha value is -1.40. The lowest BCUT2D eigenvalue weighted by Gasteiger charge is -2.22. The van der Waals surface area contributed by atoms with Gasteiger partial charge in [0.2, 0.25) is 5.91 Å². The van der Waals surface area contributed by atoms with Crippen LogP contribution in [0.5, 0.6) is 0 Å². The van der Waals surface area contributed by atoms with E-state index >= 15 is 0 Å². The molecule has 0 aliphatic rings. The Labute approximate surface area is 310 Å². The average Bonchev–Trinajstić information content (AvgIpc) is 3.11. The third-order valence-corrected chi connectivity index (χ3v) is 10.1. The van der Waals surface area contributed by atoms with Crippen molar-refractivity contribution in [2.45, 2.75) is 244 Å². The Balaban J connectivity index is 3.50. The molecule has 0 spiro atoms. The molecule has 296 valence electrons. The Morgan fingerprint density at radius 3 is 1.48 bits per heavy atom. The lowest BCUT2D eigenvalue weighted by molar-refractivity contribution is -0.143. The van der Waals surface area contributed by atoms with Crippen molar-refractivity contribution in [2.24, 2.45) is 0 Å². The third-order valence-electron chi connectivity index (χ3n) is 10.1. The Kier molecular flexibility index (Phi) is 39.2. The number of amides is 1. The maximum Gasteiger partial charge on any atom is 0.305 e. The molecule has 0 aliphatic heterocycles. The van der Waals surface area contributed by atoms with Crippen molar-refractivity contribution < 1.29 is 24.5 Å². The zero-order valence-corrected chi connectivity index (χ0v) is 33.4. The van der Waals surface area contributed by atoms with Gasteiger partial charge in [-0.2, -0.15) is 0 Å². The van der Waals surface area contributed by atoms with Gasteiger partial charge in [0.1, 0.15) is 0 Å². The molecule has 0 aromatic heterocycles. The maximum absolute atomic E-state index is 12.4. The summed E-state index contributed by atoms with van der Waals surface area (Å²) in [7, 11) is 0. The summed E-state index contributed by atoms with van der Waals surface area (Å²) in [6.45, 7) is 4.84. The molecule has 0 heterocycles. The molecule has 2 unspecified atom stereocenters. The number of allylic oxidation sites excluding steroid dienone is 2. The quantitative estimate of drug-likeness (QED) is 0.0335. The maximum atomic E-state index is 12.4. The van der Waals surface area contributed by atoms with Gasteiger partial charge in [-0.15, -0.1) is 0 Å². The highest BCUT2D eigenvalue weighted by Gasteiger charge is 2.20. The van der Waals surface area contributed by atoms with Gasteiger partial charge in [-0.05, 0) is 44.9 Å². The molecule has 0 aromatic rings. The molecule has 0 saturated carbocycles. The van der Waals surface area contributed by atoms with Crippen LogP contribution in [0.4, 0.5) is 0 Å². The smallest absolute Gasteiger partial charge is 0.305 e. The Morgan fingerprint density at radius 1 is 0.540 bits per heavy atom. The zero-order chi connectivity index (χ0) is 36.6. The van der Waals surface area contributed by atoms with E-state index in [1.807, 2.05) is 0 Å². The molecular weight excluding hydrogens is 622 g/mol. The topological polar surface area (TPSA) is 95.9 Å². The minimum atomic E-state index is -0.676. The molecule has 0 radical (unpaired) electrons. The van der Waals surface area contributed by atoms with Crippen molar-refractivity contribution in [2.75, 3.05) is 13.2 Å². The summed E-state index contributed by atoms with van der Waals surface area (Å²) in [5, 5.41) is 23.1. The highest BCUT2D eigenvalue weighted by molar-refractivity contribution is 5.76. The summed E-state index contributed by atoms with van der Waals surface area (Å²) in [5.74, 6) is -0.0900. The molecule has 50 heavy (non-hydrogen) atoms. The lowest BCUT2D eigenvalue weighted by Crippen LogP contribution is -2.45. The second-order valence-electron chi connectivity index (χ2n) is 15.0. The minimum absolute atomic E-state index is 0.0304. The first-order chi connectivity index (χ1) is 24.5. The highest BCUT2D eigenvalue weighted by Crippen LogP contribution is 2.15. The number of esters is 1. The third kappa shape index (κ3) is 36.4. The van der Waals surface area contributed by atoms with Crippen LogP contribution in [-0.4, -0.2) is 47.4 Å². The normalized spacial score (nSPS) is 12.8. The van der Waals surface area contributed by atoms with Crippen LogP contribution in [0.25, 0.3) is 0 Å². The number of hydrogen-bond donors (Lipinski definition) is 3. The largest absolute Gasteiger partial charge is 0.466 e. The van der Waals surface area contributed by atoms with Crippen LogP contribution in [0.15, 0.2) is 12.2 Å². The van der Waals surface area contributed by atoms with Crippen LogP contribution >= 0.6 is 0 Å². The van der Waals surface area contributed by atoms with E-state index in [4.69, 9.17) is 4.74 Å². The monoisotopic (exact) mass is 708 g/mol. The predicted octanol–water partition coefficient (Wildman–Crippen LogP) is 12.2. The van der Waals surface area contributed by atoms with Crippen LogP contribution in [-0.2, 0) is 14.3 Å². The first kappa shape index (κ1) is 48.6. The second-order valence-corrected chi connectivity index (χ2v) is 15.0. The first-order valence-corrected chi connectivity index (χ1v) is 21.9. The molecule has 0 bridgehead atoms. The van der Waals surface area contributed by atoms with Crippen LogP contribution in [0, 0.1) is 0 Å². The highest BCUT2D eigenvalue weighted by atomic mass is 16.5. The van der Waals surface area contributed by atoms with Gasteiger partial charge < -0.3 is 20.3 Å². The van der Waals surface area contributed by atoms with Crippen molar-refractivity contribution in [3.05, 3.63) is 12.2 Å². The number of carbonyl (C=O) groups is 2. The van der Waals surface area contributed by atoms with E-state index in [2.05, 4.69) is 31.3 Å². The second kappa shape index (κ2) is 40.4. The Morgan fingerprint density at radius 2 is 0.960 bits per heavy atom. The Bertz CT molecular complexity index is 742. The molecule has 0 fully saturated rings. The fourth-order valence-electron chi connectivity index (χ4n) is 6.62. The number of hydrogen-bond acceptors (Lipinski definition) is 5. The van der Waals surface area contributed by atoms with Crippen molar-refractivity contribution >= 4 is 11.9 Å². The molecule has 1 amide bonds. The van der Waals surface area contributed by atoms with E-state index < -0.39 is 12.1 Å². The van der Waals surface area contributed by atoms with Gasteiger partial charge in [-0.3, -0.25) is 9.59 Å². The standard InChI is InChI=1S/C44H85NO5/c1-3-5-7-9-11-13-15-17-20-24-28-32-36-42(47)41(40-46)45-43(48)37-33-29-25-21-18-19-23-27-31-35-39-50-44(49)38-34-30-26-22-16-14-12-10-8-6-4-2/h10,12,41-42,46-47H,3-9,11,13-40H2,1-2H3,(H,45,48)/b12-10-. The van der Waals surface area contributed by atoms with E-state index in [0.717, 1.165) is 57.8 Å². The molecule has 0 aliphatic carbocycles. The summed E-state index contributed by atoms with van der Waals surface area (Å²) < 4.78 is 5.42. The number of nitrogens with one attached hydrogen (secondary N) is 1. The van der Waals surface area contributed by atoms with E-state index in [1.165, 1.54) is 141 Å². The average molecular weight is 708 g/mol. The van der Waals surface area contributed by atoms with Gasteiger partial charge >= 0.3 is 5.97 Å². The number of aliphatic hydroxyl groups is 2. The molecule has 6 nitrogen and oxygen atoms in total. The number of rotatable bonds is 40. The summed E-state index contributed by atoms with van der Waals surface area (Å²) >= 11 is 0. The molecule has 6 heteroatoms. The summed E-state index contributed by atoms with van der Waals surface area (Å²) in [4.78, 5) is 24.3. The molecule has 0 saturated heterocycles. The van der Waals surface area contributed by atoms with Crippen LogP contribution in [0.2, 0.25) is 0 Å². The molecule has 2 atom stereocenters.